The molecule has 0 N–H and O–H groups in total. The second-order valence-electron chi connectivity index (χ2n) is 19.4. The molecule has 0 amide bonds. The monoisotopic (exact) mass is 824 g/mol. The highest BCUT2D eigenvalue weighted by Gasteiger charge is 2.46. The Morgan fingerprint density at radius 2 is 0.351 bits per heavy atom. The van der Waals surface area contributed by atoms with E-state index >= 15 is 0 Å². The average molecular weight is 825 g/mol. The summed E-state index contributed by atoms with van der Waals surface area (Å²) in [6.07, 6.45) is 66.2. The molecule has 0 aromatic heterocycles. The topological polar surface area (TPSA) is 0 Å². The summed E-state index contributed by atoms with van der Waals surface area (Å²) >= 11 is 0. The van der Waals surface area contributed by atoms with Crippen molar-refractivity contribution in [2.45, 2.75) is 336 Å². The molecule has 0 aliphatic carbocycles. The maximum atomic E-state index is 2.55. The summed E-state index contributed by atoms with van der Waals surface area (Å²) in [5.41, 5.74) is 0.517. The Kier molecular flexibility index (Phi) is 49.2. The Balaban J connectivity index is 0. The lowest BCUT2D eigenvalue weighted by atomic mass is 9.77. The molecule has 1 nitrogen and oxygen atoms in total. The van der Waals surface area contributed by atoms with E-state index in [0.29, 0.717) is 5.54 Å². The molecule has 0 unspecified atom stereocenters. The fourth-order valence-electron chi connectivity index (χ4n) is 10.7. The summed E-state index contributed by atoms with van der Waals surface area (Å²) in [7, 11) is 0. The number of unbranched alkanes of at least 4 members (excludes halogenated alkanes) is 39. The maximum Gasteiger partial charge on any atom is 0.0992 e. The lowest BCUT2D eigenvalue weighted by Crippen LogP contribution is -3.00. The molecule has 2 heteroatoms. The number of rotatable bonds is 49. The van der Waals surface area contributed by atoms with Crippen LogP contribution in [-0.4, -0.2) is 29.7 Å². The van der Waals surface area contributed by atoms with Gasteiger partial charge in [0.15, 0.2) is 0 Å². The highest BCUT2D eigenvalue weighted by molar-refractivity contribution is 4.83. The van der Waals surface area contributed by atoms with Crippen LogP contribution in [0.4, 0.5) is 0 Å². The second-order valence-corrected chi connectivity index (χ2v) is 19.4. The third kappa shape index (κ3) is 34.5. The molecule has 0 saturated heterocycles. The molecule has 0 heterocycles. The summed E-state index contributed by atoms with van der Waals surface area (Å²) < 4.78 is 1.39. The standard InChI is InChI=1S/C55H114N.ClH/c1-7-13-16-19-22-25-28-31-34-37-40-43-46-49-52-55(56(10-4,11-5)12-6,53-50-47-44-41-38-35-32-29-26-23-20-17-14-8-2)54-51-48-45-42-39-36-33-30-27-24-21-18-15-9-3;/h7-54H2,1-6H3;1H/q+1;/p-1. The molecule has 0 saturated carbocycles. The number of hydrogen-bond donors (Lipinski definition) is 0. The van der Waals surface area contributed by atoms with Gasteiger partial charge in [-0.3, -0.25) is 0 Å². The van der Waals surface area contributed by atoms with Gasteiger partial charge in [0.2, 0.25) is 0 Å². The van der Waals surface area contributed by atoms with Crippen molar-refractivity contribution >= 4 is 0 Å². The van der Waals surface area contributed by atoms with Crippen molar-refractivity contribution in [3.05, 3.63) is 0 Å². The molecular weight excluding hydrogens is 710 g/mol. The van der Waals surface area contributed by atoms with Crippen LogP contribution in [0.25, 0.3) is 0 Å². The third-order valence-electron chi connectivity index (χ3n) is 14.8. The molecular formula is C55H114ClN. The number of halogens is 1. The Labute approximate surface area is 371 Å². The van der Waals surface area contributed by atoms with E-state index in [9.17, 15) is 0 Å². The molecule has 0 spiro atoms. The molecule has 0 radical (unpaired) electrons. The van der Waals surface area contributed by atoms with Crippen molar-refractivity contribution in [3.8, 4) is 0 Å². The molecule has 0 fully saturated rings. The average Bonchev–Trinajstić information content (AvgIpc) is 3.21. The third-order valence-corrected chi connectivity index (χ3v) is 14.8. The van der Waals surface area contributed by atoms with Crippen LogP contribution < -0.4 is 12.4 Å². The zero-order valence-electron chi connectivity index (χ0n) is 41.3. The number of hydrogen-bond acceptors (Lipinski definition) is 0. The van der Waals surface area contributed by atoms with Crippen LogP contribution in [0.5, 0.6) is 0 Å². The van der Waals surface area contributed by atoms with E-state index in [1.165, 1.54) is 313 Å². The second kappa shape index (κ2) is 47.3. The minimum Gasteiger partial charge on any atom is -1.00 e. The zero-order chi connectivity index (χ0) is 40.9. The van der Waals surface area contributed by atoms with E-state index in [0.717, 1.165) is 0 Å². The van der Waals surface area contributed by atoms with Crippen LogP contribution in [-0.2, 0) is 0 Å². The summed E-state index contributed by atoms with van der Waals surface area (Å²) in [6.45, 7) is 18.6. The first-order valence-electron chi connectivity index (χ1n) is 27.5. The zero-order valence-corrected chi connectivity index (χ0v) is 42.0. The minimum atomic E-state index is 0. The Morgan fingerprint density at radius 1 is 0.211 bits per heavy atom. The molecule has 0 aliphatic rings. The fraction of sp³-hybridized carbons (Fsp3) is 1.00. The summed E-state index contributed by atoms with van der Waals surface area (Å²) in [6, 6.07) is 0. The molecule has 0 aliphatic heterocycles. The van der Waals surface area contributed by atoms with Crippen LogP contribution in [0.1, 0.15) is 330 Å². The lowest BCUT2D eigenvalue weighted by molar-refractivity contribution is -0.973. The van der Waals surface area contributed by atoms with E-state index < -0.39 is 0 Å². The number of nitrogens with zero attached hydrogens (tertiary/aromatic N) is 1. The van der Waals surface area contributed by atoms with Crippen LogP contribution in [0.2, 0.25) is 0 Å². The largest absolute Gasteiger partial charge is 1.00 e. The first-order chi connectivity index (χ1) is 27.6. The first kappa shape index (κ1) is 59.3. The molecule has 0 bridgehead atoms. The molecule has 57 heavy (non-hydrogen) atoms. The van der Waals surface area contributed by atoms with Gasteiger partial charge in [-0.2, -0.15) is 0 Å². The molecule has 346 valence electrons. The SMILES string of the molecule is CCCCCCCCCCCCCCCCC(CCCCCCCCCCCCCCCC)(CCCCCCCCCCCCCCCC)[N+](CC)(CC)CC.[Cl-]. The number of quaternary nitrogens is 1. The van der Waals surface area contributed by atoms with E-state index in [4.69, 9.17) is 0 Å². The predicted octanol–water partition coefficient (Wildman–Crippen LogP) is 17.2. The fourth-order valence-corrected chi connectivity index (χ4v) is 10.7. The van der Waals surface area contributed by atoms with Crippen molar-refractivity contribution in [2.24, 2.45) is 0 Å². The summed E-state index contributed by atoms with van der Waals surface area (Å²) in [5, 5.41) is 0. The van der Waals surface area contributed by atoms with Gasteiger partial charge in [-0.05, 0) is 40.0 Å². The summed E-state index contributed by atoms with van der Waals surface area (Å²) in [4.78, 5) is 0. The van der Waals surface area contributed by atoms with Gasteiger partial charge in [0.1, 0.15) is 0 Å². The predicted molar refractivity (Wildman–Crippen MR) is 259 cm³/mol. The van der Waals surface area contributed by atoms with Crippen LogP contribution in [0.15, 0.2) is 0 Å². The van der Waals surface area contributed by atoms with E-state index in [2.05, 4.69) is 41.5 Å². The van der Waals surface area contributed by atoms with Crippen LogP contribution in [0, 0.1) is 0 Å². The van der Waals surface area contributed by atoms with Gasteiger partial charge < -0.3 is 16.9 Å². The van der Waals surface area contributed by atoms with Crippen LogP contribution >= 0.6 is 0 Å². The minimum absolute atomic E-state index is 0. The maximum absolute atomic E-state index is 2.55. The molecule has 0 rings (SSSR count). The van der Waals surface area contributed by atoms with Crippen molar-refractivity contribution in [1.82, 2.24) is 0 Å². The van der Waals surface area contributed by atoms with Gasteiger partial charge in [0.25, 0.3) is 0 Å². The van der Waals surface area contributed by atoms with Gasteiger partial charge in [0, 0.05) is 19.3 Å². The van der Waals surface area contributed by atoms with Crippen molar-refractivity contribution < 1.29 is 16.9 Å². The normalized spacial score (nSPS) is 12.1. The van der Waals surface area contributed by atoms with Gasteiger partial charge in [-0.1, -0.05) is 271 Å². The van der Waals surface area contributed by atoms with Crippen LogP contribution in [0.3, 0.4) is 0 Å². The van der Waals surface area contributed by atoms with E-state index in [1.807, 2.05) is 0 Å². The molecule has 0 atom stereocenters. The van der Waals surface area contributed by atoms with Crippen molar-refractivity contribution in [3.63, 3.8) is 0 Å². The van der Waals surface area contributed by atoms with Crippen molar-refractivity contribution in [1.29, 1.82) is 0 Å². The highest BCUT2D eigenvalue weighted by Crippen LogP contribution is 2.40. The van der Waals surface area contributed by atoms with E-state index in [1.54, 1.807) is 0 Å². The smallest absolute Gasteiger partial charge is 0.0992 e. The lowest BCUT2D eigenvalue weighted by Gasteiger charge is -2.53. The van der Waals surface area contributed by atoms with E-state index in [-0.39, 0.29) is 12.4 Å². The highest BCUT2D eigenvalue weighted by atomic mass is 35.5. The molecule has 0 aromatic rings. The Morgan fingerprint density at radius 3 is 0.491 bits per heavy atom. The van der Waals surface area contributed by atoms with Gasteiger partial charge >= 0.3 is 0 Å². The van der Waals surface area contributed by atoms with Crippen molar-refractivity contribution in [2.75, 3.05) is 19.6 Å². The molecule has 0 aromatic carbocycles. The van der Waals surface area contributed by atoms with Gasteiger partial charge in [-0.15, -0.1) is 0 Å². The Bertz CT molecular complexity index is 628. The van der Waals surface area contributed by atoms with Gasteiger partial charge in [-0.25, -0.2) is 0 Å². The quantitative estimate of drug-likeness (QED) is 0.0423. The first-order valence-corrected chi connectivity index (χ1v) is 27.5. The summed E-state index contributed by atoms with van der Waals surface area (Å²) in [5.74, 6) is 0. The van der Waals surface area contributed by atoms with Gasteiger partial charge in [0.05, 0.1) is 25.2 Å². The Hall–Kier alpha value is 0.250.